The number of rotatable bonds is 5. The maximum atomic E-state index is 12.0. The molecule has 0 radical (unpaired) electrons. The van der Waals surface area contributed by atoms with Crippen molar-refractivity contribution < 1.29 is 19.4 Å². The highest BCUT2D eigenvalue weighted by Crippen LogP contribution is 2.17. The number of carbonyl (C=O) groups excluding carboxylic acids is 2. The molecule has 24 heavy (non-hydrogen) atoms. The van der Waals surface area contributed by atoms with Gasteiger partial charge in [-0.1, -0.05) is 0 Å². The zero-order valence-corrected chi connectivity index (χ0v) is 14.3. The number of hydrogen-bond acceptors (Lipinski definition) is 6. The van der Waals surface area contributed by atoms with Crippen molar-refractivity contribution in [1.82, 2.24) is 20.0 Å². The molecule has 1 fully saturated rings. The Morgan fingerprint density at radius 3 is 2.54 bits per heavy atom. The van der Waals surface area contributed by atoms with Gasteiger partial charge in [-0.3, -0.25) is 19.2 Å². The molecule has 0 aromatic carbocycles. The van der Waals surface area contributed by atoms with Crippen LogP contribution in [0.15, 0.2) is 0 Å². The second-order valence-electron chi connectivity index (χ2n) is 5.90. The number of anilines is 1. The van der Waals surface area contributed by atoms with Crippen LogP contribution in [-0.2, 0) is 21.4 Å². The smallest absolute Gasteiger partial charge is 0.313 e. The topological polar surface area (TPSA) is 109 Å². The van der Waals surface area contributed by atoms with Crippen molar-refractivity contribution in [2.75, 3.05) is 44.7 Å². The van der Waals surface area contributed by atoms with Gasteiger partial charge in [0.15, 0.2) is 0 Å². The van der Waals surface area contributed by atoms with Gasteiger partial charge in [-0.15, -0.1) is 0 Å². The van der Waals surface area contributed by atoms with Gasteiger partial charge in [0.2, 0.25) is 0 Å². The molecule has 0 unspecified atom stereocenters. The summed E-state index contributed by atoms with van der Waals surface area (Å²) < 4.78 is 6.87. The lowest BCUT2D eigenvalue weighted by Gasteiger charge is -2.28. The maximum Gasteiger partial charge on any atom is 0.313 e. The number of hydrogen-bond donors (Lipinski definition) is 3. The average Bonchev–Trinajstić information content (AvgIpc) is 2.79. The second-order valence-corrected chi connectivity index (χ2v) is 5.90. The van der Waals surface area contributed by atoms with Gasteiger partial charge in [-0.2, -0.15) is 5.10 Å². The van der Waals surface area contributed by atoms with Gasteiger partial charge < -0.3 is 20.5 Å². The van der Waals surface area contributed by atoms with E-state index in [1.54, 1.807) is 25.6 Å². The molecule has 2 amide bonds. The number of nitrogens with zero attached hydrogens (tertiary/aromatic N) is 3. The summed E-state index contributed by atoms with van der Waals surface area (Å²) >= 11 is 0. The molecule has 1 aromatic heterocycles. The lowest BCUT2D eigenvalue weighted by molar-refractivity contribution is -0.136. The van der Waals surface area contributed by atoms with E-state index in [0.29, 0.717) is 31.1 Å². The van der Waals surface area contributed by atoms with E-state index in [0.717, 1.165) is 18.8 Å². The predicted octanol–water partition coefficient (Wildman–Crippen LogP) is -1.22. The van der Waals surface area contributed by atoms with Gasteiger partial charge in [0.25, 0.3) is 0 Å². The van der Waals surface area contributed by atoms with E-state index in [2.05, 4.69) is 20.6 Å². The van der Waals surface area contributed by atoms with E-state index >= 15 is 0 Å². The monoisotopic (exact) mass is 339 g/mol. The SMILES string of the molecule is Cc1nn(C)c(C)c1NC(=O)C(=O)NC[C@H](O)CN1CCOCC1. The minimum atomic E-state index is -0.779. The van der Waals surface area contributed by atoms with Crippen LogP contribution >= 0.6 is 0 Å². The number of aryl methyl sites for hydroxylation is 2. The van der Waals surface area contributed by atoms with Crippen molar-refractivity contribution >= 4 is 17.5 Å². The molecule has 2 heterocycles. The Labute approximate surface area is 141 Å². The molecule has 3 N–H and O–H groups in total. The fraction of sp³-hybridized carbons (Fsp3) is 0.667. The second kappa shape index (κ2) is 8.22. The third-order valence-electron chi connectivity index (χ3n) is 4.02. The molecule has 9 heteroatoms. The minimum absolute atomic E-state index is 0.0224. The van der Waals surface area contributed by atoms with Gasteiger partial charge in [0, 0.05) is 33.2 Å². The van der Waals surface area contributed by atoms with Crippen LogP contribution < -0.4 is 10.6 Å². The van der Waals surface area contributed by atoms with Crippen LogP contribution in [-0.4, -0.2) is 77.1 Å². The first kappa shape index (κ1) is 18.4. The summed E-state index contributed by atoms with van der Waals surface area (Å²) in [5.74, 6) is -1.55. The van der Waals surface area contributed by atoms with Crippen LogP contribution in [0.5, 0.6) is 0 Å². The lowest BCUT2D eigenvalue weighted by Crippen LogP contribution is -2.46. The van der Waals surface area contributed by atoms with Gasteiger partial charge in [0.1, 0.15) is 0 Å². The first-order valence-electron chi connectivity index (χ1n) is 7.96. The number of carbonyl (C=O) groups is 2. The van der Waals surface area contributed by atoms with Crippen molar-refractivity contribution in [3.63, 3.8) is 0 Å². The maximum absolute atomic E-state index is 12.0. The molecule has 0 saturated carbocycles. The molecule has 1 aliphatic heterocycles. The standard InChI is InChI=1S/C15H25N5O4/c1-10-13(11(2)19(3)18-10)17-15(23)14(22)16-8-12(21)9-20-4-6-24-7-5-20/h12,21H,4-9H2,1-3H3,(H,16,22)(H,17,23)/t12-/m0/s1. The van der Waals surface area contributed by atoms with Crippen LogP contribution in [0.3, 0.4) is 0 Å². The Kier molecular flexibility index (Phi) is 6.29. The molecule has 134 valence electrons. The highest BCUT2D eigenvalue weighted by Gasteiger charge is 2.20. The molecule has 0 bridgehead atoms. The molecular formula is C15H25N5O4. The van der Waals surface area contributed by atoms with Crippen molar-refractivity contribution in [1.29, 1.82) is 0 Å². The van der Waals surface area contributed by atoms with Gasteiger partial charge >= 0.3 is 11.8 Å². The molecule has 9 nitrogen and oxygen atoms in total. The summed E-state index contributed by atoms with van der Waals surface area (Å²) in [4.78, 5) is 25.9. The van der Waals surface area contributed by atoms with Gasteiger partial charge in [-0.25, -0.2) is 0 Å². The number of aliphatic hydroxyl groups excluding tert-OH is 1. The molecule has 1 saturated heterocycles. The Hall–Kier alpha value is -1.97. The van der Waals surface area contributed by atoms with Crippen molar-refractivity contribution in [3.05, 3.63) is 11.4 Å². The molecule has 1 aliphatic rings. The number of morpholine rings is 1. The number of amides is 2. The minimum Gasteiger partial charge on any atom is -0.390 e. The molecular weight excluding hydrogens is 314 g/mol. The van der Waals surface area contributed by atoms with E-state index in [9.17, 15) is 14.7 Å². The Morgan fingerprint density at radius 2 is 1.96 bits per heavy atom. The van der Waals surface area contributed by atoms with E-state index in [-0.39, 0.29) is 6.54 Å². The fourth-order valence-electron chi connectivity index (χ4n) is 2.56. The summed E-state index contributed by atoms with van der Waals surface area (Å²) in [5, 5.41) is 19.2. The number of nitrogens with one attached hydrogen (secondary N) is 2. The Bertz CT molecular complexity index is 595. The largest absolute Gasteiger partial charge is 0.390 e. The predicted molar refractivity (Wildman–Crippen MR) is 87.6 cm³/mol. The van der Waals surface area contributed by atoms with Crippen LogP contribution in [0.2, 0.25) is 0 Å². The van der Waals surface area contributed by atoms with Crippen molar-refractivity contribution in [2.45, 2.75) is 20.0 Å². The zero-order chi connectivity index (χ0) is 17.7. The van der Waals surface area contributed by atoms with Gasteiger partial charge in [-0.05, 0) is 13.8 Å². The van der Waals surface area contributed by atoms with Crippen LogP contribution in [0.1, 0.15) is 11.4 Å². The lowest BCUT2D eigenvalue weighted by atomic mass is 10.3. The summed E-state index contributed by atoms with van der Waals surface area (Å²) in [6, 6.07) is 0. The molecule has 0 aliphatic carbocycles. The third kappa shape index (κ3) is 4.76. The van der Waals surface area contributed by atoms with E-state index in [1.165, 1.54) is 0 Å². The number of ether oxygens (including phenoxy) is 1. The summed E-state index contributed by atoms with van der Waals surface area (Å²) in [7, 11) is 1.76. The number of β-amino-alcohol motifs (C(OH)–C–C–N with tert-alkyl or cyclic N) is 1. The highest BCUT2D eigenvalue weighted by atomic mass is 16.5. The van der Waals surface area contributed by atoms with E-state index < -0.39 is 17.9 Å². The molecule has 1 aromatic rings. The highest BCUT2D eigenvalue weighted by molar-refractivity contribution is 6.39. The summed E-state index contributed by atoms with van der Waals surface area (Å²) in [5.41, 5.74) is 1.94. The summed E-state index contributed by atoms with van der Waals surface area (Å²) in [6.07, 6.45) is -0.735. The Balaban J connectivity index is 1.77. The Morgan fingerprint density at radius 1 is 1.29 bits per heavy atom. The van der Waals surface area contributed by atoms with E-state index in [4.69, 9.17) is 4.74 Å². The quantitative estimate of drug-likeness (QED) is 0.581. The normalized spacial score (nSPS) is 16.7. The number of aromatic nitrogens is 2. The third-order valence-corrected chi connectivity index (χ3v) is 4.02. The van der Waals surface area contributed by atoms with Crippen LogP contribution in [0, 0.1) is 13.8 Å². The first-order chi connectivity index (χ1) is 11.4. The summed E-state index contributed by atoms with van der Waals surface area (Å²) in [6.45, 7) is 6.82. The fourth-order valence-corrected chi connectivity index (χ4v) is 2.56. The van der Waals surface area contributed by atoms with Crippen LogP contribution in [0.25, 0.3) is 0 Å². The van der Waals surface area contributed by atoms with Gasteiger partial charge in [0.05, 0.1) is 36.4 Å². The number of aliphatic hydroxyl groups is 1. The van der Waals surface area contributed by atoms with Crippen molar-refractivity contribution in [3.8, 4) is 0 Å². The first-order valence-corrected chi connectivity index (χ1v) is 7.96. The van der Waals surface area contributed by atoms with E-state index in [1.807, 2.05) is 0 Å². The zero-order valence-electron chi connectivity index (χ0n) is 14.3. The average molecular weight is 339 g/mol. The van der Waals surface area contributed by atoms with Crippen molar-refractivity contribution in [2.24, 2.45) is 7.05 Å². The molecule has 1 atom stereocenters. The van der Waals surface area contributed by atoms with Crippen LogP contribution in [0.4, 0.5) is 5.69 Å². The molecule has 0 spiro atoms. The molecule has 2 rings (SSSR count).